The Hall–Kier alpha value is -2.69. The first-order valence-electron chi connectivity index (χ1n) is 7.70. The maximum absolute atomic E-state index is 12.6. The molecule has 2 rings (SSSR count). The molecule has 5 heteroatoms. The molecule has 5 nitrogen and oxygen atoms in total. The SMILES string of the molecule is COc1cccc(CN(C)C(=O)c2ccc(N(C)C)cc2)c1OC. The van der Waals surface area contributed by atoms with Crippen molar-refractivity contribution in [3.05, 3.63) is 53.6 Å². The standard InChI is InChI=1S/C19H24N2O3/c1-20(2)16-11-9-14(10-12-16)19(22)21(3)13-15-7-6-8-17(23-4)18(15)24-5/h6-12H,13H2,1-5H3. The summed E-state index contributed by atoms with van der Waals surface area (Å²) in [5, 5.41) is 0. The zero-order valence-corrected chi connectivity index (χ0v) is 14.9. The normalized spacial score (nSPS) is 10.2. The van der Waals surface area contributed by atoms with E-state index in [2.05, 4.69) is 0 Å². The summed E-state index contributed by atoms with van der Waals surface area (Å²) in [6.07, 6.45) is 0. The summed E-state index contributed by atoms with van der Waals surface area (Å²) < 4.78 is 10.7. The minimum atomic E-state index is -0.0369. The van der Waals surface area contributed by atoms with Gasteiger partial charge >= 0.3 is 0 Å². The average molecular weight is 328 g/mol. The Morgan fingerprint density at radius 1 is 0.958 bits per heavy atom. The maximum Gasteiger partial charge on any atom is 0.253 e. The number of amides is 1. The van der Waals surface area contributed by atoms with E-state index in [1.54, 1.807) is 26.2 Å². The molecule has 0 spiro atoms. The van der Waals surface area contributed by atoms with Crippen LogP contribution in [0.1, 0.15) is 15.9 Å². The average Bonchev–Trinajstić information content (AvgIpc) is 2.60. The molecule has 0 radical (unpaired) electrons. The highest BCUT2D eigenvalue weighted by Gasteiger charge is 2.16. The molecular formula is C19H24N2O3. The van der Waals surface area contributed by atoms with E-state index < -0.39 is 0 Å². The van der Waals surface area contributed by atoms with Crippen LogP contribution in [0.4, 0.5) is 5.69 Å². The van der Waals surface area contributed by atoms with Gasteiger partial charge in [-0.05, 0) is 30.3 Å². The largest absolute Gasteiger partial charge is 0.493 e. The van der Waals surface area contributed by atoms with E-state index in [0.717, 1.165) is 11.3 Å². The molecule has 0 heterocycles. The van der Waals surface area contributed by atoms with Crippen molar-refractivity contribution in [1.29, 1.82) is 0 Å². The number of para-hydroxylation sites is 1. The third-order valence-electron chi connectivity index (χ3n) is 3.87. The van der Waals surface area contributed by atoms with Crippen molar-refractivity contribution < 1.29 is 14.3 Å². The van der Waals surface area contributed by atoms with E-state index in [9.17, 15) is 4.79 Å². The number of ether oxygens (including phenoxy) is 2. The number of rotatable bonds is 6. The van der Waals surface area contributed by atoms with Crippen LogP contribution in [0.25, 0.3) is 0 Å². The zero-order chi connectivity index (χ0) is 17.7. The van der Waals surface area contributed by atoms with Gasteiger partial charge in [0.25, 0.3) is 5.91 Å². The van der Waals surface area contributed by atoms with Crippen LogP contribution < -0.4 is 14.4 Å². The Labute approximate surface area is 143 Å². The van der Waals surface area contributed by atoms with Crippen LogP contribution in [0.3, 0.4) is 0 Å². The first-order chi connectivity index (χ1) is 11.5. The molecule has 0 aliphatic rings. The summed E-state index contributed by atoms with van der Waals surface area (Å²) in [6, 6.07) is 13.2. The molecule has 0 aliphatic heterocycles. The molecule has 0 aliphatic carbocycles. The molecular weight excluding hydrogens is 304 g/mol. The predicted octanol–water partition coefficient (Wildman–Crippen LogP) is 3.04. The molecule has 24 heavy (non-hydrogen) atoms. The first-order valence-corrected chi connectivity index (χ1v) is 7.70. The second-order valence-electron chi connectivity index (χ2n) is 5.76. The Kier molecular flexibility index (Phi) is 5.68. The van der Waals surface area contributed by atoms with Crippen LogP contribution in [0.2, 0.25) is 0 Å². The molecule has 0 N–H and O–H groups in total. The van der Waals surface area contributed by atoms with E-state index in [4.69, 9.17) is 9.47 Å². The smallest absolute Gasteiger partial charge is 0.253 e. The highest BCUT2D eigenvalue weighted by atomic mass is 16.5. The molecule has 2 aromatic rings. The van der Waals surface area contributed by atoms with Crippen molar-refractivity contribution in [2.45, 2.75) is 6.54 Å². The van der Waals surface area contributed by atoms with Crippen molar-refractivity contribution >= 4 is 11.6 Å². The van der Waals surface area contributed by atoms with Gasteiger partial charge in [0.1, 0.15) is 0 Å². The summed E-state index contributed by atoms with van der Waals surface area (Å²) in [4.78, 5) is 16.3. The summed E-state index contributed by atoms with van der Waals surface area (Å²) in [5.74, 6) is 1.28. The number of anilines is 1. The third kappa shape index (κ3) is 3.79. The molecule has 0 saturated heterocycles. The van der Waals surface area contributed by atoms with Gasteiger partial charge in [-0.25, -0.2) is 0 Å². The van der Waals surface area contributed by atoms with Gasteiger partial charge in [-0.1, -0.05) is 12.1 Å². The van der Waals surface area contributed by atoms with E-state index in [0.29, 0.717) is 23.6 Å². The van der Waals surface area contributed by atoms with Crippen LogP contribution in [0.5, 0.6) is 11.5 Å². The van der Waals surface area contributed by atoms with Gasteiger partial charge in [0.05, 0.1) is 14.2 Å². The van der Waals surface area contributed by atoms with Gasteiger partial charge in [-0.3, -0.25) is 4.79 Å². The number of methoxy groups -OCH3 is 2. The molecule has 2 aromatic carbocycles. The summed E-state index contributed by atoms with van der Waals surface area (Å²) in [7, 11) is 8.92. The van der Waals surface area contributed by atoms with E-state index in [1.807, 2.05) is 61.5 Å². The number of nitrogens with zero attached hydrogens (tertiary/aromatic N) is 2. The van der Waals surface area contributed by atoms with Gasteiger partial charge in [-0.15, -0.1) is 0 Å². The molecule has 0 atom stereocenters. The van der Waals surface area contributed by atoms with Crippen molar-refractivity contribution in [2.75, 3.05) is 40.3 Å². The van der Waals surface area contributed by atoms with Gasteiger partial charge in [0, 0.05) is 44.5 Å². The van der Waals surface area contributed by atoms with Gasteiger partial charge in [0.2, 0.25) is 0 Å². The molecule has 0 aromatic heterocycles. The van der Waals surface area contributed by atoms with Crippen LogP contribution in [0, 0.1) is 0 Å². The number of hydrogen-bond acceptors (Lipinski definition) is 4. The number of benzene rings is 2. The Balaban J connectivity index is 2.17. The lowest BCUT2D eigenvalue weighted by Gasteiger charge is -2.20. The van der Waals surface area contributed by atoms with Crippen molar-refractivity contribution in [3.63, 3.8) is 0 Å². The second kappa shape index (κ2) is 7.73. The topological polar surface area (TPSA) is 42.0 Å². The van der Waals surface area contributed by atoms with Crippen molar-refractivity contribution in [2.24, 2.45) is 0 Å². The van der Waals surface area contributed by atoms with Crippen LogP contribution in [-0.4, -0.2) is 46.2 Å². The Bertz CT molecular complexity index is 696. The van der Waals surface area contributed by atoms with Gasteiger partial charge in [0.15, 0.2) is 11.5 Å². The monoisotopic (exact) mass is 328 g/mol. The Morgan fingerprint density at radius 3 is 2.17 bits per heavy atom. The molecule has 0 fully saturated rings. The molecule has 0 unspecified atom stereocenters. The number of carbonyl (C=O) groups is 1. The molecule has 0 bridgehead atoms. The predicted molar refractivity (Wildman–Crippen MR) is 96.1 cm³/mol. The minimum Gasteiger partial charge on any atom is -0.493 e. The van der Waals surface area contributed by atoms with Crippen LogP contribution in [-0.2, 0) is 6.54 Å². The maximum atomic E-state index is 12.6. The molecule has 1 amide bonds. The summed E-state index contributed by atoms with van der Waals surface area (Å²) >= 11 is 0. The van der Waals surface area contributed by atoms with Crippen molar-refractivity contribution in [1.82, 2.24) is 4.90 Å². The lowest BCUT2D eigenvalue weighted by molar-refractivity contribution is 0.0784. The van der Waals surface area contributed by atoms with Crippen LogP contribution >= 0.6 is 0 Å². The van der Waals surface area contributed by atoms with Crippen molar-refractivity contribution in [3.8, 4) is 11.5 Å². The third-order valence-corrected chi connectivity index (χ3v) is 3.87. The lowest BCUT2D eigenvalue weighted by Crippen LogP contribution is -2.26. The Morgan fingerprint density at radius 2 is 1.62 bits per heavy atom. The van der Waals surface area contributed by atoms with Gasteiger partial charge in [-0.2, -0.15) is 0 Å². The first kappa shape index (κ1) is 17.7. The summed E-state index contributed by atoms with van der Waals surface area (Å²) in [6.45, 7) is 0.439. The fraction of sp³-hybridized carbons (Fsp3) is 0.316. The van der Waals surface area contributed by atoms with E-state index in [-0.39, 0.29) is 5.91 Å². The minimum absolute atomic E-state index is 0.0369. The fourth-order valence-electron chi connectivity index (χ4n) is 2.53. The highest BCUT2D eigenvalue weighted by molar-refractivity contribution is 5.94. The number of hydrogen-bond donors (Lipinski definition) is 0. The fourth-order valence-corrected chi connectivity index (χ4v) is 2.53. The summed E-state index contributed by atoms with van der Waals surface area (Å²) in [5.41, 5.74) is 2.62. The second-order valence-corrected chi connectivity index (χ2v) is 5.76. The number of carbonyl (C=O) groups excluding carboxylic acids is 1. The van der Waals surface area contributed by atoms with E-state index >= 15 is 0 Å². The zero-order valence-electron chi connectivity index (χ0n) is 14.9. The molecule has 128 valence electrons. The lowest BCUT2D eigenvalue weighted by atomic mass is 10.1. The van der Waals surface area contributed by atoms with Crippen LogP contribution in [0.15, 0.2) is 42.5 Å². The quantitative estimate of drug-likeness (QED) is 0.817. The van der Waals surface area contributed by atoms with Gasteiger partial charge < -0.3 is 19.3 Å². The highest BCUT2D eigenvalue weighted by Crippen LogP contribution is 2.31. The van der Waals surface area contributed by atoms with E-state index in [1.165, 1.54) is 0 Å². The molecule has 0 saturated carbocycles.